The standard InChI is InChI=1S/C22H22N4O3S/c1-29-19-9-7-17(8-10-19)24-22(28)20-14-30-15-25(20)21(27)11-16-12-23-26(13-16)18-5-3-2-4-6-18/h2-10,12-13,20H,11,14-15H2,1H3,(H,24,28). The Hall–Kier alpha value is -3.26. The van der Waals surface area contributed by atoms with Crippen LogP contribution in [0.2, 0.25) is 0 Å². The van der Waals surface area contributed by atoms with E-state index in [1.54, 1.807) is 58.9 Å². The summed E-state index contributed by atoms with van der Waals surface area (Å²) in [6, 6.07) is 16.4. The number of anilines is 1. The molecule has 1 aliphatic rings. The molecule has 3 aromatic rings. The van der Waals surface area contributed by atoms with Crippen molar-refractivity contribution in [2.45, 2.75) is 12.5 Å². The maximum absolute atomic E-state index is 12.9. The molecule has 0 spiro atoms. The van der Waals surface area contributed by atoms with E-state index in [0.717, 1.165) is 17.0 Å². The monoisotopic (exact) mass is 422 g/mol. The molecule has 0 radical (unpaired) electrons. The van der Waals surface area contributed by atoms with Crippen molar-refractivity contribution in [2.24, 2.45) is 0 Å². The number of ether oxygens (including phenoxy) is 1. The van der Waals surface area contributed by atoms with Gasteiger partial charge in [-0.25, -0.2) is 4.68 Å². The van der Waals surface area contributed by atoms with Crippen molar-refractivity contribution in [3.8, 4) is 11.4 Å². The van der Waals surface area contributed by atoms with Crippen LogP contribution in [0.5, 0.6) is 5.75 Å². The lowest BCUT2D eigenvalue weighted by Crippen LogP contribution is -2.45. The van der Waals surface area contributed by atoms with Crippen LogP contribution in [0, 0.1) is 0 Å². The number of carbonyl (C=O) groups excluding carboxylic acids is 2. The molecule has 2 aromatic carbocycles. The van der Waals surface area contributed by atoms with E-state index in [0.29, 0.717) is 17.3 Å². The van der Waals surface area contributed by atoms with E-state index in [4.69, 9.17) is 4.74 Å². The molecule has 1 aliphatic heterocycles. The van der Waals surface area contributed by atoms with Gasteiger partial charge in [-0.15, -0.1) is 11.8 Å². The second kappa shape index (κ2) is 9.04. The number of methoxy groups -OCH3 is 1. The summed E-state index contributed by atoms with van der Waals surface area (Å²) >= 11 is 1.58. The maximum atomic E-state index is 12.9. The first-order chi connectivity index (χ1) is 14.6. The lowest BCUT2D eigenvalue weighted by Gasteiger charge is -2.23. The maximum Gasteiger partial charge on any atom is 0.248 e. The molecule has 2 heterocycles. The molecule has 1 fully saturated rings. The van der Waals surface area contributed by atoms with Crippen LogP contribution in [0.4, 0.5) is 5.69 Å². The highest BCUT2D eigenvalue weighted by Gasteiger charge is 2.34. The van der Waals surface area contributed by atoms with Crippen LogP contribution in [0.1, 0.15) is 5.56 Å². The van der Waals surface area contributed by atoms with Crippen LogP contribution in [0.15, 0.2) is 67.0 Å². The van der Waals surface area contributed by atoms with E-state index >= 15 is 0 Å². The third kappa shape index (κ3) is 4.49. The first kappa shape index (κ1) is 20.0. The van der Waals surface area contributed by atoms with Gasteiger partial charge in [0, 0.05) is 17.6 Å². The van der Waals surface area contributed by atoms with Gasteiger partial charge in [0.2, 0.25) is 11.8 Å². The molecule has 1 N–H and O–H groups in total. The van der Waals surface area contributed by atoms with Gasteiger partial charge in [0.15, 0.2) is 0 Å². The van der Waals surface area contributed by atoms with Crippen molar-refractivity contribution in [3.63, 3.8) is 0 Å². The lowest BCUT2D eigenvalue weighted by atomic mass is 10.2. The third-order valence-corrected chi connectivity index (χ3v) is 5.89. The first-order valence-electron chi connectivity index (χ1n) is 9.55. The number of carbonyl (C=O) groups is 2. The number of benzene rings is 2. The molecule has 154 valence electrons. The topological polar surface area (TPSA) is 76.5 Å². The number of rotatable bonds is 6. The fourth-order valence-corrected chi connectivity index (χ4v) is 4.44. The second-order valence-electron chi connectivity index (χ2n) is 6.90. The molecule has 2 amide bonds. The minimum atomic E-state index is -0.492. The summed E-state index contributed by atoms with van der Waals surface area (Å²) in [4.78, 5) is 27.3. The summed E-state index contributed by atoms with van der Waals surface area (Å²) in [5.41, 5.74) is 2.42. The quantitative estimate of drug-likeness (QED) is 0.661. The molecule has 0 saturated carbocycles. The molecule has 30 heavy (non-hydrogen) atoms. The number of amides is 2. The van der Waals surface area contributed by atoms with Crippen LogP contribution < -0.4 is 10.1 Å². The van der Waals surface area contributed by atoms with Crippen molar-refractivity contribution < 1.29 is 14.3 Å². The summed E-state index contributed by atoms with van der Waals surface area (Å²) in [6.07, 6.45) is 3.75. The number of hydrogen-bond donors (Lipinski definition) is 1. The Morgan fingerprint density at radius 1 is 1.17 bits per heavy atom. The fraction of sp³-hybridized carbons (Fsp3) is 0.227. The van der Waals surface area contributed by atoms with Crippen molar-refractivity contribution in [2.75, 3.05) is 24.1 Å². The van der Waals surface area contributed by atoms with E-state index in [1.165, 1.54) is 0 Å². The smallest absolute Gasteiger partial charge is 0.248 e. The Kier molecular flexibility index (Phi) is 6.04. The molecule has 0 aliphatic carbocycles. The molecular weight excluding hydrogens is 400 g/mol. The minimum absolute atomic E-state index is 0.0810. The van der Waals surface area contributed by atoms with Crippen LogP contribution in [0.3, 0.4) is 0 Å². The van der Waals surface area contributed by atoms with Gasteiger partial charge in [-0.3, -0.25) is 9.59 Å². The molecule has 7 nitrogen and oxygen atoms in total. The van der Waals surface area contributed by atoms with Crippen molar-refractivity contribution >= 4 is 29.3 Å². The Labute approximate surface area is 179 Å². The largest absolute Gasteiger partial charge is 0.497 e. The van der Waals surface area contributed by atoms with Gasteiger partial charge >= 0.3 is 0 Å². The van der Waals surface area contributed by atoms with Crippen molar-refractivity contribution in [1.29, 1.82) is 0 Å². The average molecular weight is 423 g/mol. The van der Waals surface area contributed by atoms with E-state index in [2.05, 4.69) is 10.4 Å². The molecule has 1 unspecified atom stereocenters. The predicted octanol–water partition coefficient (Wildman–Crippen LogP) is 2.96. The normalized spacial score (nSPS) is 15.8. The zero-order valence-electron chi connectivity index (χ0n) is 16.5. The Balaban J connectivity index is 1.39. The summed E-state index contributed by atoms with van der Waals surface area (Å²) in [7, 11) is 1.59. The Morgan fingerprint density at radius 2 is 1.93 bits per heavy atom. The van der Waals surface area contributed by atoms with E-state index in [9.17, 15) is 9.59 Å². The van der Waals surface area contributed by atoms with Crippen molar-refractivity contribution in [3.05, 3.63) is 72.6 Å². The average Bonchev–Trinajstić information content (AvgIpc) is 3.45. The number of thioether (sulfide) groups is 1. The van der Waals surface area contributed by atoms with Crippen LogP contribution in [0.25, 0.3) is 5.69 Å². The summed E-state index contributed by atoms with van der Waals surface area (Å²) < 4.78 is 6.88. The van der Waals surface area contributed by atoms with Crippen LogP contribution in [-0.4, -0.2) is 51.3 Å². The summed E-state index contributed by atoms with van der Waals surface area (Å²) in [5, 5.41) is 7.23. The number of para-hydroxylation sites is 1. The van der Waals surface area contributed by atoms with Crippen LogP contribution >= 0.6 is 11.8 Å². The number of nitrogens with zero attached hydrogens (tertiary/aromatic N) is 3. The molecule has 4 rings (SSSR count). The lowest BCUT2D eigenvalue weighted by molar-refractivity contribution is -0.135. The highest BCUT2D eigenvalue weighted by molar-refractivity contribution is 7.99. The highest BCUT2D eigenvalue weighted by Crippen LogP contribution is 2.24. The van der Waals surface area contributed by atoms with Gasteiger partial charge < -0.3 is 15.0 Å². The first-order valence-corrected chi connectivity index (χ1v) is 10.7. The van der Waals surface area contributed by atoms with Crippen molar-refractivity contribution in [1.82, 2.24) is 14.7 Å². The number of hydrogen-bond acceptors (Lipinski definition) is 5. The zero-order valence-corrected chi connectivity index (χ0v) is 17.3. The molecule has 8 heteroatoms. The van der Waals surface area contributed by atoms with E-state index in [1.807, 2.05) is 36.5 Å². The van der Waals surface area contributed by atoms with Gasteiger partial charge in [0.1, 0.15) is 11.8 Å². The van der Waals surface area contributed by atoms with Gasteiger partial charge in [-0.05, 0) is 42.0 Å². The molecule has 0 bridgehead atoms. The highest BCUT2D eigenvalue weighted by atomic mass is 32.2. The van der Waals surface area contributed by atoms with Gasteiger partial charge in [-0.1, -0.05) is 18.2 Å². The van der Waals surface area contributed by atoms with Crippen LogP contribution in [-0.2, 0) is 16.0 Å². The second-order valence-corrected chi connectivity index (χ2v) is 7.90. The zero-order chi connectivity index (χ0) is 20.9. The fourth-order valence-electron chi connectivity index (χ4n) is 3.26. The molecule has 1 aromatic heterocycles. The molecular formula is C22H22N4O3S. The van der Waals surface area contributed by atoms with Gasteiger partial charge in [0.05, 0.1) is 31.3 Å². The summed E-state index contributed by atoms with van der Waals surface area (Å²) in [5.74, 6) is 1.54. The predicted molar refractivity (Wildman–Crippen MR) is 117 cm³/mol. The molecule has 1 atom stereocenters. The third-order valence-electron chi connectivity index (χ3n) is 4.88. The van der Waals surface area contributed by atoms with E-state index < -0.39 is 6.04 Å². The van der Waals surface area contributed by atoms with Gasteiger partial charge in [-0.2, -0.15) is 5.10 Å². The van der Waals surface area contributed by atoms with Gasteiger partial charge in [0.25, 0.3) is 0 Å². The Bertz CT molecular complexity index is 1020. The number of nitrogens with one attached hydrogen (secondary N) is 1. The SMILES string of the molecule is COc1ccc(NC(=O)C2CSCN2C(=O)Cc2cnn(-c3ccccc3)c2)cc1. The van der Waals surface area contributed by atoms with E-state index in [-0.39, 0.29) is 18.2 Å². The number of aromatic nitrogens is 2. The Morgan fingerprint density at radius 3 is 2.67 bits per heavy atom. The summed E-state index contributed by atoms with van der Waals surface area (Å²) in [6.45, 7) is 0. The minimum Gasteiger partial charge on any atom is -0.497 e. The molecule has 1 saturated heterocycles.